The van der Waals surface area contributed by atoms with Gasteiger partial charge < -0.3 is 20.3 Å². The highest BCUT2D eigenvalue weighted by Gasteiger charge is 2.33. The molecule has 24 heavy (non-hydrogen) atoms. The summed E-state index contributed by atoms with van der Waals surface area (Å²) in [5.74, 6) is -0.217. The van der Waals surface area contributed by atoms with Gasteiger partial charge in [0.05, 0.1) is 12.2 Å². The lowest BCUT2D eigenvalue weighted by Gasteiger charge is -2.16. The number of likely N-dealkylation sites (tertiary alicyclic amines) is 1. The number of aromatic nitrogens is 2. The Labute approximate surface area is 139 Å². The number of rotatable bonds is 6. The van der Waals surface area contributed by atoms with E-state index in [0.29, 0.717) is 26.1 Å². The Morgan fingerprint density at radius 2 is 2.17 bits per heavy atom. The van der Waals surface area contributed by atoms with E-state index < -0.39 is 0 Å². The molecule has 1 aromatic heterocycles. The molecule has 2 amide bonds. The highest BCUT2D eigenvalue weighted by molar-refractivity contribution is 5.89. The van der Waals surface area contributed by atoms with Crippen LogP contribution >= 0.6 is 0 Å². The minimum Gasteiger partial charge on any atom is -0.508 e. The van der Waals surface area contributed by atoms with Gasteiger partial charge in [0.15, 0.2) is 0 Å². The van der Waals surface area contributed by atoms with E-state index in [4.69, 9.17) is 0 Å². The topological polar surface area (TPSA) is 98.3 Å². The first-order valence-corrected chi connectivity index (χ1v) is 7.92. The third-order valence-corrected chi connectivity index (χ3v) is 4.14. The van der Waals surface area contributed by atoms with Crippen LogP contribution in [-0.2, 0) is 22.6 Å². The van der Waals surface area contributed by atoms with E-state index in [2.05, 4.69) is 15.3 Å². The van der Waals surface area contributed by atoms with Gasteiger partial charge in [-0.3, -0.25) is 9.59 Å². The molecule has 0 bridgehead atoms. The van der Waals surface area contributed by atoms with Crippen molar-refractivity contribution in [3.05, 3.63) is 48.0 Å². The van der Waals surface area contributed by atoms with Gasteiger partial charge >= 0.3 is 0 Å². The van der Waals surface area contributed by atoms with Gasteiger partial charge in [-0.1, -0.05) is 12.1 Å². The number of phenols is 1. The fourth-order valence-corrected chi connectivity index (χ4v) is 2.81. The van der Waals surface area contributed by atoms with E-state index in [1.807, 2.05) is 0 Å². The maximum atomic E-state index is 12.2. The van der Waals surface area contributed by atoms with Crippen LogP contribution in [0.15, 0.2) is 36.8 Å². The zero-order valence-electron chi connectivity index (χ0n) is 13.2. The second-order valence-electron chi connectivity index (χ2n) is 5.96. The molecule has 7 heteroatoms. The largest absolute Gasteiger partial charge is 0.508 e. The number of aromatic hydroxyl groups is 1. The number of H-pyrrole nitrogens is 1. The summed E-state index contributed by atoms with van der Waals surface area (Å²) in [5.41, 5.74) is 1.90. The van der Waals surface area contributed by atoms with Crippen LogP contribution in [0.1, 0.15) is 17.7 Å². The van der Waals surface area contributed by atoms with Gasteiger partial charge in [-0.15, -0.1) is 0 Å². The highest BCUT2D eigenvalue weighted by atomic mass is 16.3. The molecule has 1 fully saturated rings. The molecule has 0 radical (unpaired) electrons. The van der Waals surface area contributed by atoms with E-state index in [1.165, 1.54) is 0 Å². The Kier molecular flexibility index (Phi) is 4.79. The molecule has 0 spiro atoms. The molecule has 0 saturated carbocycles. The Morgan fingerprint density at radius 1 is 1.38 bits per heavy atom. The minimum absolute atomic E-state index is 0.0169. The third kappa shape index (κ3) is 3.92. The molecular formula is C17H20N4O3. The Morgan fingerprint density at radius 3 is 2.88 bits per heavy atom. The van der Waals surface area contributed by atoms with Crippen LogP contribution in [0.5, 0.6) is 5.75 Å². The molecule has 1 unspecified atom stereocenters. The molecule has 7 nitrogen and oxygen atoms in total. The molecule has 1 aliphatic rings. The summed E-state index contributed by atoms with van der Waals surface area (Å²) in [6.07, 6.45) is 4.26. The number of amides is 2. The maximum Gasteiger partial charge on any atom is 0.225 e. The number of carbonyl (C=O) groups is 2. The molecular weight excluding hydrogens is 308 g/mol. The minimum atomic E-state index is -0.309. The monoisotopic (exact) mass is 328 g/mol. The first-order valence-electron chi connectivity index (χ1n) is 7.92. The summed E-state index contributed by atoms with van der Waals surface area (Å²) in [6, 6.07) is 6.74. The molecule has 3 rings (SSSR count). The van der Waals surface area contributed by atoms with Crippen LogP contribution < -0.4 is 5.32 Å². The summed E-state index contributed by atoms with van der Waals surface area (Å²) in [4.78, 5) is 32.9. The lowest BCUT2D eigenvalue weighted by Crippen LogP contribution is -2.34. The van der Waals surface area contributed by atoms with Gasteiger partial charge in [0, 0.05) is 44.4 Å². The van der Waals surface area contributed by atoms with Crippen molar-refractivity contribution >= 4 is 11.8 Å². The third-order valence-electron chi connectivity index (χ3n) is 4.14. The summed E-state index contributed by atoms with van der Waals surface area (Å²) in [7, 11) is 0. The van der Waals surface area contributed by atoms with Gasteiger partial charge in [0.25, 0.3) is 0 Å². The Bertz CT molecular complexity index is 697. The van der Waals surface area contributed by atoms with Gasteiger partial charge in [-0.2, -0.15) is 0 Å². The molecule has 3 N–H and O–H groups in total. The SMILES string of the molecule is O=C(NCCc1cnc[nH]1)C1CC(=O)N(Cc2ccc(O)cc2)C1. The normalized spacial score (nSPS) is 17.2. The number of hydrogen-bond acceptors (Lipinski definition) is 4. The van der Waals surface area contributed by atoms with Crippen LogP contribution in [0.3, 0.4) is 0 Å². The lowest BCUT2D eigenvalue weighted by molar-refractivity contribution is -0.129. The average Bonchev–Trinajstić information content (AvgIpc) is 3.20. The van der Waals surface area contributed by atoms with Gasteiger partial charge in [-0.25, -0.2) is 4.98 Å². The van der Waals surface area contributed by atoms with Crippen molar-refractivity contribution in [2.75, 3.05) is 13.1 Å². The van der Waals surface area contributed by atoms with Gasteiger partial charge in [0.2, 0.25) is 11.8 Å². The first-order chi connectivity index (χ1) is 11.6. The molecule has 2 heterocycles. The van der Waals surface area contributed by atoms with Gasteiger partial charge in [0.1, 0.15) is 5.75 Å². The van der Waals surface area contributed by atoms with Gasteiger partial charge in [-0.05, 0) is 17.7 Å². The van der Waals surface area contributed by atoms with Crippen LogP contribution in [0.25, 0.3) is 0 Å². The Hall–Kier alpha value is -2.83. The number of phenolic OH excluding ortho intramolecular Hbond substituents is 1. The lowest BCUT2D eigenvalue weighted by atomic mass is 10.1. The summed E-state index contributed by atoms with van der Waals surface area (Å²) < 4.78 is 0. The van der Waals surface area contributed by atoms with E-state index in [1.54, 1.807) is 41.7 Å². The number of nitrogens with one attached hydrogen (secondary N) is 2. The standard InChI is InChI=1S/C17H20N4O3/c22-15-3-1-12(2-4-15)9-21-10-13(7-16(21)23)17(24)19-6-5-14-8-18-11-20-14/h1-4,8,11,13,22H,5-7,9-10H2,(H,18,20)(H,19,24). The molecule has 1 saturated heterocycles. The van der Waals surface area contributed by atoms with Crippen molar-refractivity contribution in [1.29, 1.82) is 0 Å². The van der Waals surface area contributed by atoms with E-state index in [9.17, 15) is 14.7 Å². The van der Waals surface area contributed by atoms with Crippen molar-refractivity contribution in [3.63, 3.8) is 0 Å². The number of aromatic amines is 1. The van der Waals surface area contributed by atoms with Crippen molar-refractivity contribution in [1.82, 2.24) is 20.2 Å². The number of carbonyl (C=O) groups excluding carboxylic acids is 2. The second-order valence-corrected chi connectivity index (χ2v) is 5.96. The van der Waals surface area contributed by atoms with Crippen LogP contribution in [0, 0.1) is 5.92 Å². The highest BCUT2D eigenvalue weighted by Crippen LogP contribution is 2.21. The maximum absolute atomic E-state index is 12.2. The molecule has 126 valence electrons. The number of imidazole rings is 1. The van der Waals surface area contributed by atoms with Crippen molar-refractivity contribution in [3.8, 4) is 5.75 Å². The molecule has 1 aromatic carbocycles. The van der Waals surface area contributed by atoms with Crippen LogP contribution in [0.4, 0.5) is 0 Å². The second kappa shape index (κ2) is 7.16. The van der Waals surface area contributed by atoms with Crippen molar-refractivity contribution < 1.29 is 14.7 Å². The smallest absolute Gasteiger partial charge is 0.225 e. The summed E-state index contributed by atoms with van der Waals surface area (Å²) in [5, 5.41) is 12.2. The van der Waals surface area contributed by atoms with Crippen molar-refractivity contribution in [2.45, 2.75) is 19.4 Å². The zero-order chi connectivity index (χ0) is 16.9. The number of benzene rings is 1. The fourth-order valence-electron chi connectivity index (χ4n) is 2.81. The summed E-state index contributed by atoms with van der Waals surface area (Å²) in [6.45, 7) is 1.40. The van der Waals surface area contributed by atoms with E-state index in [0.717, 1.165) is 11.3 Å². The van der Waals surface area contributed by atoms with Crippen molar-refractivity contribution in [2.24, 2.45) is 5.92 Å². The fraction of sp³-hybridized carbons (Fsp3) is 0.353. The molecule has 1 aliphatic heterocycles. The van der Waals surface area contributed by atoms with E-state index in [-0.39, 0.29) is 29.9 Å². The number of hydrogen-bond donors (Lipinski definition) is 3. The molecule has 2 aromatic rings. The Balaban J connectivity index is 1.48. The quantitative estimate of drug-likeness (QED) is 0.731. The zero-order valence-corrected chi connectivity index (χ0v) is 13.2. The van der Waals surface area contributed by atoms with Crippen LogP contribution in [-0.4, -0.2) is 44.9 Å². The van der Waals surface area contributed by atoms with E-state index >= 15 is 0 Å². The average molecular weight is 328 g/mol. The first kappa shape index (κ1) is 16.0. The number of nitrogens with zero attached hydrogens (tertiary/aromatic N) is 2. The summed E-state index contributed by atoms with van der Waals surface area (Å²) >= 11 is 0. The molecule has 1 atom stereocenters. The van der Waals surface area contributed by atoms with Crippen LogP contribution in [0.2, 0.25) is 0 Å². The predicted molar refractivity (Wildman–Crippen MR) is 86.9 cm³/mol. The predicted octanol–water partition coefficient (Wildman–Crippen LogP) is 0.823. The molecule has 0 aliphatic carbocycles.